The Morgan fingerprint density at radius 2 is 1.81 bits per heavy atom. The summed E-state index contributed by atoms with van der Waals surface area (Å²) in [5.74, 6) is 5.10. The molecule has 1 atom stereocenters. The van der Waals surface area contributed by atoms with E-state index in [0.29, 0.717) is 16.9 Å². The SMILES string of the molecule is CS(=O)Nc1cccc(C#Cc2cccc(C(=O)O)c2-n2cccc2)c1. The average Bonchev–Trinajstić information content (AvgIpc) is 3.13. The topological polar surface area (TPSA) is 71.3 Å². The molecule has 0 spiro atoms. The standard InChI is InChI=1S/C20H16N2O3S/c1-26(25)21-17-8-4-6-15(14-17)10-11-16-7-5-9-18(20(23)24)19(16)22-12-2-3-13-22/h2-9,12-14,21H,1H3,(H,23,24). The smallest absolute Gasteiger partial charge is 0.337 e. The summed E-state index contributed by atoms with van der Waals surface area (Å²) in [4.78, 5) is 11.6. The van der Waals surface area contributed by atoms with Gasteiger partial charge in [0, 0.05) is 35.5 Å². The Morgan fingerprint density at radius 3 is 2.50 bits per heavy atom. The molecule has 0 aliphatic rings. The third-order valence-electron chi connectivity index (χ3n) is 3.59. The molecule has 0 saturated heterocycles. The maximum Gasteiger partial charge on any atom is 0.337 e. The van der Waals surface area contributed by atoms with Crippen LogP contribution in [0.5, 0.6) is 0 Å². The maximum atomic E-state index is 11.6. The lowest BCUT2D eigenvalue weighted by Crippen LogP contribution is -2.06. The van der Waals surface area contributed by atoms with Crippen molar-refractivity contribution in [2.24, 2.45) is 0 Å². The summed E-state index contributed by atoms with van der Waals surface area (Å²) in [5.41, 5.74) is 2.77. The van der Waals surface area contributed by atoms with Crippen molar-refractivity contribution in [3.8, 4) is 17.5 Å². The van der Waals surface area contributed by atoms with Crippen molar-refractivity contribution in [2.75, 3.05) is 11.0 Å². The Bertz CT molecular complexity index is 1030. The van der Waals surface area contributed by atoms with Crippen molar-refractivity contribution in [1.29, 1.82) is 0 Å². The number of para-hydroxylation sites is 1. The summed E-state index contributed by atoms with van der Waals surface area (Å²) in [5, 5.41) is 9.50. The molecular formula is C20H16N2O3S. The summed E-state index contributed by atoms with van der Waals surface area (Å²) in [7, 11) is -1.16. The average molecular weight is 364 g/mol. The lowest BCUT2D eigenvalue weighted by atomic mass is 10.1. The predicted octanol–water partition coefficient (Wildman–Crippen LogP) is 3.28. The number of carboxylic acid groups (broad SMARTS) is 1. The van der Waals surface area contributed by atoms with Crippen molar-refractivity contribution < 1.29 is 14.1 Å². The van der Waals surface area contributed by atoms with Crippen molar-refractivity contribution in [3.63, 3.8) is 0 Å². The summed E-state index contributed by atoms with van der Waals surface area (Å²) < 4.78 is 15.9. The van der Waals surface area contributed by atoms with Crippen LogP contribution in [0.3, 0.4) is 0 Å². The molecule has 1 unspecified atom stereocenters. The Kier molecular flexibility index (Phi) is 5.20. The fraction of sp³-hybridized carbons (Fsp3) is 0.0500. The zero-order valence-corrected chi connectivity index (χ0v) is 14.8. The van der Waals surface area contributed by atoms with E-state index in [1.807, 2.05) is 30.3 Å². The first kappa shape index (κ1) is 17.5. The van der Waals surface area contributed by atoms with Gasteiger partial charge in [0.2, 0.25) is 0 Å². The van der Waals surface area contributed by atoms with Gasteiger partial charge in [-0.15, -0.1) is 0 Å². The monoisotopic (exact) mass is 364 g/mol. The van der Waals surface area contributed by atoms with E-state index in [4.69, 9.17) is 0 Å². The number of carboxylic acids is 1. The largest absolute Gasteiger partial charge is 0.478 e. The first-order valence-corrected chi connectivity index (χ1v) is 9.32. The number of aromatic carboxylic acids is 1. The molecule has 0 saturated carbocycles. The van der Waals surface area contributed by atoms with Crippen molar-refractivity contribution in [3.05, 3.63) is 83.7 Å². The van der Waals surface area contributed by atoms with Gasteiger partial charge in [-0.25, -0.2) is 9.00 Å². The summed E-state index contributed by atoms with van der Waals surface area (Å²) in [6.07, 6.45) is 5.13. The number of carbonyl (C=O) groups is 1. The van der Waals surface area contributed by atoms with Crippen LogP contribution in [0.2, 0.25) is 0 Å². The van der Waals surface area contributed by atoms with E-state index in [1.165, 1.54) is 0 Å². The molecule has 1 aromatic heterocycles. The molecule has 0 aliphatic heterocycles. The van der Waals surface area contributed by atoms with Gasteiger partial charge in [-0.1, -0.05) is 24.0 Å². The quantitative estimate of drug-likeness (QED) is 0.698. The Morgan fingerprint density at radius 1 is 1.08 bits per heavy atom. The number of anilines is 1. The van der Waals surface area contributed by atoms with E-state index < -0.39 is 17.0 Å². The molecule has 0 bridgehead atoms. The van der Waals surface area contributed by atoms with E-state index in [1.54, 1.807) is 47.5 Å². The highest BCUT2D eigenvalue weighted by atomic mass is 32.2. The van der Waals surface area contributed by atoms with Crippen LogP contribution in [0.25, 0.3) is 5.69 Å². The van der Waals surface area contributed by atoms with Gasteiger partial charge in [0.25, 0.3) is 0 Å². The van der Waals surface area contributed by atoms with Crippen LogP contribution >= 0.6 is 0 Å². The Balaban J connectivity index is 2.05. The predicted molar refractivity (Wildman–Crippen MR) is 103 cm³/mol. The molecule has 1 heterocycles. The number of hydrogen-bond donors (Lipinski definition) is 2. The van der Waals surface area contributed by atoms with Crippen molar-refractivity contribution in [1.82, 2.24) is 4.57 Å². The molecule has 130 valence electrons. The lowest BCUT2D eigenvalue weighted by Gasteiger charge is -2.10. The molecule has 0 radical (unpaired) electrons. The van der Waals surface area contributed by atoms with Gasteiger partial charge < -0.3 is 14.4 Å². The molecular weight excluding hydrogens is 348 g/mol. The zero-order chi connectivity index (χ0) is 18.5. The van der Waals surface area contributed by atoms with Gasteiger partial charge in [0.15, 0.2) is 0 Å². The maximum absolute atomic E-state index is 11.6. The molecule has 2 aromatic carbocycles. The van der Waals surface area contributed by atoms with Crippen LogP contribution in [0.1, 0.15) is 21.5 Å². The van der Waals surface area contributed by atoms with Crippen LogP contribution in [-0.4, -0.2) is 26.1 Å². The fourth-order valence-corrected chi connectivity index (χ4v) is 3.00. The van der Waals surface area contributed by atoms with E-state index in [-0.39, 0.29) is 5.56 Å². The minimum Gasteiger partial charge on any atom is -0.478 e. The lowest BCUT2D eigenvalue weighted by molar-refractivity contribution is 0.0697. The van der Waals surface area contributed by atoms with Crippen LogP contribution in [0, 0.1) is 11.8 Å². The Labute approximate surface area is 153 Å². The summed E-state index contributed by atoms with van der Waals surface area (Å²) in [6, 6.07) is 16.0. The minimum absolute atomic E-state index is 0.185. The molecule has 0 fully saturated rings. The number of aromatic nitrogens is 1. The molecule has 6 heteroatoms. The van der Waals surface area contributed by atoms with Crippen LogP contribution in [0.4, 0.5) is 5.69 Å². The van der Waals surface area contributed by atoms with Crippen LogP contribution in [-0.2, 0) is 11.0 Å². The van der Waals surface area contributed by atoms with Crippen LogP contribution < -0.4 is 4.72 Å². The van der Waals surface area contributed by atoms with Gasteiger partial charge in [-0.05, 0) is 42.5 Å². The molecule has 0 amide bonds. The number of nitrogens with zero attached hydrogens (tertiary/aromatic N) is 1. The third kappa shape index (κ3) is 4.02. The van der Waals surface area contributed by atoms with E-state index in [2.05, 4.69) is 16.6 Å². The van der Waals surface area contributed by atoms with E-state index in [9.17, 15) is 14.1 Å². The second kappa shape index (κ2) is 7.72. The van der Waals surface area contributed by atoms with Crippen molar-refractivity contribution in [2.45, 2.75) is 0 Å². The molecule has 3 rings (SSSR count). The first-order valence-electron chi connectivity index (χ1n) is 7.76. The molecule has 26 heavy (non-hydrogen) atoms. The highest BCUT2D eigenvalue weighted by Crippen LogP contribution is 2.20. The normalized spacial score (nSPS) is 11.3. The molecule has 5 nitrogen and oxygen atoms in total. The van der Waals surface area contributed by atoms with Crippen LogP contribution in [0.15, 0.2) is 67.0 Å². The van der Waals surface area contributed by atoms with Gasteiger partial charge in [-0.3, -0.25) is 0 Å². The fourth-order valence-electron chi connectivity index (χ4n) is 2.54. The number of benzene rings is 2. The van der Waals surface area contributed by atoms with Gasteiger partial charge in [0.05, 0.1) is 11.3 Å². The highest BCUT2D eigenvalue weighted by Gasteiger charge is 2.14. The first-order chi connectivity index (χ1) is 12.5. The molecule has 3 aromatic rings. The molecule has 0 aliphatic carbocycles. The van der Waals surface area contributed by atoms with Gasteiger partial charge >= 0.3 is 5.97 Å². The van der Waals surface area contributed by atoms with E-state index in [0.717, 1.165) is 5.56 Å². The highest BCUT2D eigenvalue weighted by molar-refractivity contribution is 7.85. The second-order valence-electron chi connectivity index (χ2n) is 5.48. The molecule has 2 N–H and O–H groups in total. The van der Waals surface area contributed by atoms with Crippen molar-refractivity contribution >= 4 is 22.6 Å². The number of nitrogens with one attached hydrogen (secondary N) is 1. The third-order valence-corrected chi connectivity index (χ3v) is 4.12. The summed E-state index contributed by atoms with van der Waals surface area (Å²) >= 11 is 0. The number of rotatable bonds is 4. The van der Waals surface area contributed by atoms with Gasteiger partial charge in [0.1, 0.15) is 11.0 Å². The van der Waals surface area contributed by atoms with Gasteiger partial charge in [-0.2, -0.15) is 0 Å². The zero-order valence-electron chi connectivity index (χ0n) is 14.0. The summed E-state index contributed by atoms with van der Waals surface area (Å²) in [6.45, 7) is 0. The number of hydrogen-bond acceptors (Lipinski definition) is 2. The Hall–Kier alpha value is -3.30. The minimum atomic E-state index is -1.16. The second-order valence-corrected chi connectivity index (χ2v) is 6.60. The van der Waals surface area contributed by atoms with E-state index >= 15 is 0 Å².